The van der Waals surface area contributed by atoms with Crippen LogP contribution >= 0.6 is 11.6 Å². The van der Waals surface area contributed by atoms with Crippen LogP contribution in [0.4, 0.5) is 8.78 Å². The third kappa shape index (κ3) is 6.32. The fraction of sp³-hybridized carbons (Fsp3) is 0.567. The molecule has 8 heteroatoms. The first-order valence-electron chi connectivity index (χ1n) is 13.7. The van der Waals surface area contributed by atoms with E-state index in [-0.39, 0.29) is 18.2 Å². The molecule has 2 heterocycles. The molecular formula is C30H37ClF2N2O3. The van der Waals surface area contributed by atoms with E-state index in [1.165, 1.54) is 16.5 Å². The Bertz CT molecular complexity index is 1130. The third-order valence-electron chi connectivity index (χ3n) is 8.10. The minimum atomic E-state index is -1.03. The molecule has 0 spiro atoms. The van der Waals surface area contributed by atoms with Gasteiger partial charge in [-0.05, 0) is 98.8 Å². The lowest BCUT2D eigenvalue weighted by molar-refractivity contribution is 0.0556. The quantitative estimate of drug-likeness (QED) is 0.369. The van der Waals surface area contributed by atoms with E-state index in [2.05, 4.69) is 17.9 Å². The highest BCUT2D eigenvalue weighted by atomic mass is 35.5. The van der Waals surface area contributed by atoms with Gasteiger partial charge >= 0.3 is 0 Å². The molecular weight excluding hydrogens is 510 g/mol. The number of rotatable bonds is 9. The van der Waals surface area contributed by atoms with Gasteiger partial charge in [-0.15, -0.1) is 0 Å². The molecule has 0 aromatic heterocycles. The number of methoxy groups -OCH3 is 1. The second-order valence-corrected chi connectivity index (χ2v) is 11.5. The highest BCUT2D eigenvalue weighted by molar-refractivity contribution is 6.30. The third-order valence-corrected chi connectivity index (χ3v) is 8.32. The number of nitrogens with zero attached hydrogens (tertiary/aromatic N) is 2. The summed E-state index contributed by atoms with van der Waals surface area (Å²) in [5.74, 6) is 0.177. The Morgan fingerprint density at radius 2 is 1.84 bits per heavy atom. The molecule has 1 aliphatic carbocycles. The van der Waals surface area contributed by atoms with Gasteiger partial charge in [-0.3, -0.25) is 9.69 Å². The van der Waals surface area contributed by atoms with Crippen molar-refractivity contribution in [3.05, 3.63) is 63.4 Å². The molecule has 3 fully saturated rings. The van der Waals surface area contributed by atoms with Crippen molar-refractivity contribution in [1.29, 1.82) is 0 Å². The van der Waals surface area contributed by atoms with Crippen LogP contribution in [-0.4, -0.2) is 68.4 Å². The van der Waals surface area contributed by atoms with Crippen molar-refractivity contribution >= 4 is 17.5 Å². The number of halogens is 3. The van der Waals surface area contributed by atoms with Crippen molar-refractivity contribution in [1.82, 2.24) is 9.80 Å². The first-order chi connectivity index (χ1) is 18.3. The number of aryl methyl sites for hydroxylation is 1. The number of piperidine rings is 1. The maximum Gasteiger partial charge on any atom is 0.256 e. The molecule has 3 aliphatic rings. The predicted molar refractivity (Wildman–Crippen MR) is 144 cm³/mol. The molecule has 2 atom stereocenters. The van der Waals surface area contributed by atoms with Gasteiger partial charge in [-0.2, -0.15) is 0 Å². The van der Waals surface area contributed by atoms with E-state index in [1.807, 2.05) is 12.1 Å². The Morgan fingerprint density at radius 3 is 2.47 bits per heavy atom. The molecule has 38 heavy (non-hydrogen) atoms. The summed E-state index contributed by atoms with van der Waals surface area (Å²) in [4.78, 5) is 16.7. The topological polar surface area (TPSA) is 42.0 Å². The molecule has 5 rings (SSSR count). The number of carbonyl (C=O) groups excluding carboxylic acids is 1. The largest absolute Gasteiger partial charge is 0.493 e. The second kappa shape index (κ2) is 11.9. The summed E-state index contributed by atoms with van der Waals surface area (Å²) < 4.78 is 40.4. The standard InChI is InChI=1S/C30H37ClF2N2O3/c1-19-11-22(13-23(31)12-19)28(18-37-2)34-8-5-20(6-9-34)17-38-29-15-27(33)26(14-25(29)21-3-4-21)30(36)35-10-7-24(32)16-35/h11-15,20-21,24,28H,3-10,16-18H2,1-2H3. The number of benzene rings is 2. The summed E-state index contributed by atoms with van der Waals surface area (Å²) in [6.07, 6.45) is 3.24. The molecule has 1 saturated carbocycles. The van der Waals surface area contributed by atoms with Gasteiger partial charge in [0.25, 0.3) is 5.91 Å². The molecule has 2 unspecified atom stereocenters. The SMILES string of the molecule is COCC(c1cc(C)cc(Cl)c1)N1CCC(COc2cc(F)c(C(=O)N3CCC(F)C3)cc2C2CC2)CC1. The van der Waals surface area contributed by atoms with Crippen LogP contribution in [-0.2, 0) is 4.74 Å². The number of alkyl halides is 1. The zero-order valence-electron chi connectivity index (χ0n) is 22.2. The Labute approximate surface area is 229 Å². The monoisotopic (exact) mass is 546 g/mol. The molecule has 5 nitrogen and oxygen atoms in total. The molecule has 0 bridgehead atoms. The van der Waals surface area contributed by atoms with Crippen molar-refractivity contribution in [3.63, 3.8) is 0 Å². The lowest BCUT2D eigenvalue weighted by atomic mass is 9.94. The van der Waals surface area contributed by atoms with E-state index in [0.717, 1.165) is 54.9 Å². The van der Waals surface area contributed by atoms with Crippen LogP contribution < -0.4 is 4.74 Å². The number of likely N-dealkylation sites (tertiary alicyclic amines) is 2. The van der Waals surface area contributed by atoms with Gasteiger partial charge in [0.05, 0.1) is 31.4 Å². The van der Waals surface area contributed by atoms with Gasteiger partial charge in [-0.1, -0.05) is 17.7 Å². The number of carbonyl (C=O) groups is 1. The molecule has 2 saturated heterocycles. The summed E-state index contributed by atoms with van der Waals surface area (Å²) in [6.45, 7) is 5.36. The molecule has 206 valence electrons. The Balaban J connectivity index is 1.22. The van der Waals surface area contributed by atoms with E-state index in [1.54, 1.807) is 13.2 Å². The minimum absolute atomic E-state index is 0.0297. The number of hydrogen-bond acceptors (Lipinski definition) is 4. The predicted octanol–water partition coefficient (Wildman–Crippen LogP) is 6.33. The van der Waals surface area contributed by atoms with Gasteiger partial charge in [0, 0.05) is 24.7 Å². The van der Waals surface area contributed by atoms with Crippen LogP contribution in [0, 0.1) is 18.7 Å². The zero-order chi connectivity index (χ0) is 26.8. The van der Waals surface area contributed by atoms with Crippen molar-refractivity contribution in [3.8, 4) is 5.75 Å². The van der Waals surface area contributed by atoms with E-state index in [4.69, 9.17) is 21.1 Å². The maximum atomic E-state index is 15.1. The summed E-state index contributed by atoms with van der Waals surface area (Å²) >= 11 is 6.33. The molecule has 2 aromatic rings. The van der Waals surface area contributed by atoms with E-state index >= 15 is 4.39 Å². The molecule has 1 amide bonds. The van der Waals surface area contributed by atoms with Crippen molar-refractivity contribution < 1.29 is 23.0 Å². The normalized spacial score (nSPS) is 21.6. The zero-order valence-corrected chi connectivity index (χ0v) is 23.0. The van der Waals surface area contributed by atoms with Crippen LogP contribution in [0.2, 0.25) is 5.02 Å². The van der Waals surface area contributed by atoms with Crippen molar-refractivity contribution in [2.75, 3.05) is 46.5 Å². The fourth-order valence-corrected chi connectivity index (χ4v) is 6.11. The lowest BCUT2D eigenvalue weighted by Gasteiger charge is -2.37. The first-order valence-corrected chi connectivity index (χ1v) is 14.1. The van der Waals surface area contributed by atoms with E-state index in [0.29, 0.717) is 43.8 Å². The second-order valence-electron chi connectivity index (χ2n) is 11.1. The fourth-order valence-electron chi connectivity index (χ4n) is 5.81. The summed E-state index contributed by atoms with van der Waals surface area (Å²) in [7, 11) is 1.73. The van der Waals surface area contributed by atoms with Crippen LogP contribution in [0.25, 0.3) is 0 Å². The van der Waals surface area contributed by atoms with Gasteiger partial charge in [-0.25, -0.2) is 8.78 Å². The first kappa shape index (κ1) is 27.4. The smallest absolute Gasteiger partial charge is 0.256 e. The van der Waals surface area contributed by atoms with Crippen LogP contribution in [0.3, 0.4) is 0 Å². The highest BCUT2D eigenvalue weighted by Crippen LogP contribution is 2.45. The maximum absolute atomic E-state index is 15.1. The molecule has 2 aliphatic heterocycles. The molecule has 2 aromatic carbocycles. The van der Waals surface area contributed by atoms with E-state index in [9.17, 15) is 9.18 Å². The summed E-state index contributed by atoms with van der Waals surface area (Å²) in [5.41, 5.74) is 3.24. The summed E-state index contributed by atoms with van der Waals surface area (Å²) in [5, 5.41) is 0.739. The average Bonchev–Trinajstić information content (AvgIpc) is 3.64. The summed E-state index contributed by atoms with van der Waals surface area (Å²) in [6, 6.07) is 9.33. The van der Waals surface area contributed by atoms with Gasteiger partial charge in [0.15, 0.2) is 0 Å². The van der Waals surface area contributed by atoms with Crippen LogP contribution in [0.15, 0.2) is 30.3 Å². The van der Waals surface area contributed by atoms with E-state index < -0.39 is 17.9 Å². The minimum Gasteiger partial charge on any atom is -0.493 e. The molecule has 0 N–H and O–H groups in total. The van der Waals surface area contributed by atoms with Gasteiger partial charge in [0.2, 0.25) is 0 Å². The number of ether oxygens (including phenoxy) is 2. The Hall–Kier alpha value is -2.22. The Kier molecular flexibility index (Phi) is 8.56. The number of hydrogen-bond donors (Lipinski definition) is 0. The van der Waals surface area contributed by atoms with Gasteiger partial charge in [0.1, 0.15) is 17.7 Å². The van der Waals surface area contributed by atoms with Crippen LogP contribution in [0.1, 0.15) is 71.1 Å². The molecule has 0 radical (unpaired) electrons. The number of amides is 1. The Morgan fingerprint density at radius 1 is 1.08 bits per heavy atom. The van der Waals surface area contributed by atoms with Crippen LogP contribution in [0.5, 0.6) is 5.75 Å². The van der Waals surface area contributed by atoms with Gasteiger partial charge < -0.3 is 14.4 Å². The highest BCUT2D eigenvalue weighted by Gasteiger charge is 2.33. The van der Waals surface area contributed by atoms with Crippen molar-refractivity contribution in [2.45, 2.75) is 57.2 Å². The van der Waals surface area contributed by atoms with Crippen molar-refractivity contribution in [2.24, 2.45) is 5.92 Å². The lowest BCUT2D eigenvalue weighted by Crippen LogP contribution is -2.39. The average molecular weight is 547 g/mol.